The van der Waals surface area contributed by atoms with Crippen LogP contribution < -0.4 is 5.32 Å². The molecule has 1 amide bonds. The summed E-state index contributed by atoms with van der Waals surface area (Å²) in [4.78, 5) is 28.6. The molecule has 2 aromatic heterocycles. The molecule has 2 heterocycles. The summed E-state index contributed by atoms with van der Waals surface area (Å²) in [5.41, 5.74) is 0.763. The normalized spacial score (nSPS) is 20.9. The molecule has 3 rings (SSSR count). The average molecular weight is 336 g/mol. The Bertz CT molecular complexity index is 666. The van der Waals surface area contributed by atoms with Crippen LogP contribution in [-0.2, 0) is 16.0 Å². The summed E-state index contributed by atoms with van der Waals surface area (Å²) in [5.74, 6) is -1.18. The van der Waals surface area contributed by atoms with Crippen LogP contribution in [0.25, 0.3) is 9.88 Å². The van der Waals surface area contributed by atoms with Gasteiger partial charge < -0.3 is 10.4 Å². The van der Waals surface area contributed by atoms with Crippen LogP contribution in [0.2, 0.25) is 0 Å². The van der Waals surface area contributed by atoms with Gasteiger partial charge in [-0.05, 0) is 30.7 Å². The molecule has 1 saturated carbocycles. The maximum Gasteiger partial charge on any atom is 0.306 e. The number of amides is 1. The van der Waals surface area contributed by atoms with Gasteiger partial charge in [0.1, 0.15) is 5.01 Å². The van der Waals surface area contributed by atoms with E-state index >= 15 is 0 Å². The van der Waals surface area contributed by atoms with Gasteiger partial charge in [-0.2, -0.15) is 0 Å². The molecule has 1 fully saturated rings. The summed E-state index contributed by atoms with van der Waals surface area (Å²) in [7, 11) is 0. The van der Waals surface area contributed by atoms with Gasteiger partial charge in [0.05, 0.1) is 22.9 Å². The fourth-order valence-corrected chi connectivity index (χ4v) is 4.32. The molecule has 22 heavy (non-hydrogen) atoms. The van der Waals surface area contributed by atoms with Crippen molar-refractivity contribution < 1.29 is 14.7 Å². The highest BCUT2D eigenvalue weighted by Crippen LogP contribution is 2.28. The van der Waals surface area contributed by atoms with E-state index in [0.29, 0.717) is 12.8 Å². The summed E-state index contributed by atoms with van der Waals surface area (Å²) in [6.45, 7) is 0. The summed E-state index contributed by atoms with van der Waals surface area (Å²) < 4.78 is 0. The van der Waals surface area contributed by atoms with E-state index in [9.17, 15) is 9.59 Å². The first-order valence-electron chi connectivity index (χ1n) is 7.12. The molecule has 0 aliphatic heterocycles. The number of carboxylic acid groups (broad SMARTS) is 1. The monoisotopic (exact) mass is 336 g/mol. The number of carboxylic acids is 1. The van der Waals surface area contributed by atoms with Gasteiger partial charge >= 0.3 is 5.97 Å². The lowest BCUT2D eigenvalue weighted by Crippen LogP contribution is -2.34. The van der Waals surface area contributed by atoms with Gasteiger partial charge in [-0.25, -0.2) is 4.98 Å². The second kappa shape index (κ2) is 6.58. The van der Waals surface area contributed by atoms with E-state index in [4.69, 9.17) is 5.11 Å². The predicted octanol–water partition coefficient (Wildman–Crippen LogP) is 2.78. The average Bonchev–Trinajstić information content (AvgIpc) is 3.18. The molecule has 7 heteroatoms. The third-order valence-corrected chi connectivity index (χ3v) is 5.70. The van der Waals surface area contributed by atoms with Crippen molar-refractivity contribution in [1.29, 1.82) is 0 Å². The number of carbonyl (C=O) groups is 2. The Kier molecular flexibility index (Phi) is 4.54. The van der Waals surface area contributed by atoms with Crippen LogP contribution in [0.15, 0.2) is 22.9 Å². The van der Waals surface area contributed by atoms with E-state index in [1.54, 1.807) is 11.3 Å². The number of aliphatic carboxylic acids is 1. The van der Waals surface area contributed by atoms with E-state index in [0.717, 1.165) is 22.0 Å². The molecule has 0 spiro atoms. The van der Waals surface area contributed by atoms with Gasteiger partial charge in [-0.15, -0.1) is 22.7 Å². The number of carbonyl (C=O) groups excluding carboxylic acids is 1. The van der Waals surface area contributed by atoms with E-state index < -0.39 is 5.97 Å². The minimum atomic E-state index is -0.767. The number of thiophene rings is 1. The molecule has 116 valence electrons. The largest absolute Gasteiger partial charge is 0.481 e. The summed E-state index contributed by atoms with van der Waals surface area (Å²) in [5, 5.41) is 16.7. The number of hydrogen-bond donors (Lipinski definition) is 2. The van der Waals surface area contributed by atoms with Gasteiger partial charge in [-0.3, -0.25) is 9.59 Å². The van der Waals surface area contributed by atoms with Crippen LogP contribution in [0.5, 0.6) is 0 Å². The maximum absolute atomic E-state index is 12.0. The number of nitrogens with zero attached hydrogens (tertiary/aromatic N) is 1. The summed E-state index contributed by atoms with van der Waals surface area (Å²) in [6, 6.07) is 3.97. The minimum absolute atomic E-state index is 0.0241. The van der Waals surface area contributed by atoms with E-state index in [-0.39, 0.29) is 24.3 Å². The maximum atomic E-state index is 12.0. The Morgan fingerprint density at radius 2 is 2.23 bits per heavy atom. The van der Waals surface area contributed by atoms with E-state index in [2.05, 4.69) is 10.3 Å². The second-order valence-corrected chi connectivity index (χ2v) is 7.22. The molecule has 0 unspecified atom stereocenters. The molecule has 2 atom stereocenters. The number of hydrogen-bond acceptors (Lipinski definition) is 5. The first-order valence-corrected chi connectivity index (χ1v) is 8.88. The number of thiazole rings is 1. The van der Waals surface area contributed by atoms with Crippen molar-refractivity contribution in [2.24, 2.45) is 5.92 Å². The molecule has 0 radical (unpaired) electrons. The highest BCUT2D eigenvalue weighted by Gasteiger charge is 2.30. The zero-order chi connectivity index (χ0) is 15.5. The standard InChI is InChI=1S/C15H16N2O3S2/c18-13(16-10-4-3-9(6-10)15(19)20)7-11-8-22-14(17-11)12-2-1-5-21-12/h1-2,5,8-10H,3-4,6-7H2,(H,16,18)(H,19,20)/t9-,10+/m0/s1. The second-order valence-electron chi connectivity index (χ2n) is 5.41. The Balaban J connectivity index is 1.53. The molecule has 5 nitrogen and oxygen atoms in total. The van der Waals surface area contributed by atoms with Gasteiger partial charge in [0, 0.05) is 11.4 Å². The highest BCUT2D eigenvalue weighted by molar-refractivity contribution is 7.20. The number of nitrogens with one attached hydrogen (secondary N) is 1. The Labute approximate surface area is 136 Å². The zero-order valence-corrected chi connectivity index (χ0v) is 13.5. The van der Waals surface area contributed by atoms with Gasteiger partial charge in [0.25, 0.3) is 0 Å². The number of rotatable bonds is 5. The molecule has 2 aromatic rings. The smallest absolute Gasteiger partial charge is 0.306 e. The van der Waals surface area contributed by atoms with Crippen molar-refractivity contribution in [3.05, 3.63) is 28.6 Å². The zero-order valence-electron chi connectivity index (χ0n) is 11.8. The van der Waals surface area contributed by atoms with Crippen molar-refractivity contribution in [3.8, 4) is 9.88 Å². The van der Waals surface area contributed by atoms with Crippen LogP contribution in [-0.4, -0.2) is 28.0 Å². The third-order valence-electron chi connectivity index (χ3n) is 3.77. The summed E-state index contributed by atoms with van der Waals surface area (Å²) >= 11 is 3.17. The Morgan fingerprint density at radius 1 is 1.36 bits per heavy atom. The quantitative estimate of drug-likeness (QED) is 0.880. The molecule has 1 aliphatic carbocycles. The van der Waals surface area contributed by atoms with Gasteiger partial charge in [-0.1, -0.05) is 6.07 Å². The summed E-state index contributed by atoms with van der Waals surface area (Å²) in [6.07, 6.45) is 2.15. The minimum Gasteiger partial charge on any atom is -0.481 e. The lowest BCUT2D eigenvalue weighted by Gasteiger charge is -2.11. The molecule has 0 bridgehead atoms. The predicted molar refractivity (Wildman–Crippen MR) is 86.0 cm³/mol. The third kappa shape index (κ3) is 3.53. The van der Waals surface area contributed by atoms with Crippen LogP contribution in [0.3, 0.4) is 0 Å². The van der Waals surface area contributed by atoms with Crippen LogP contribution in [0, 0.1) is 5.92 Å². The lowest BCUT2D eigenvalue weighted by molar-refractivity contribution is -0.141. The Morgan fingerprint density at radius 3 is 2.91 bits per heavy atom. The number of aromatic nitrogens is 1. The Hall–Kier alpha value is -1.73. The molecule has 1 aliphatic rings. The van der Waals surface area contributed by atoms with Gasteiger partial charge in [0.2, 0.25) is 5.91 Å². The molecule has 0 saturated heterocycles. The molecule has 2 N–H and O–H groups in total. The molecular formula is C15H16N2O3S2. The lowest BCUT2D eigenvalue weighted by atomic mass is 10.1. The van der Waals surface area contributed by atoms with Gasteiger partial charge in [0.15, 0.2) is 0 Å². The SMILES string of the molecule is O=C(Cc1csc(-c2cccs2)n1)N[C@@H]1CC[C@H](C(=O)O)C1. The molecule has 0 aromatic carbocycles. The fourth-order valence-electron chi connectivity index (χ4n) is 2.68. The van der Waals surface area contributed by atoms with Crippen LogP contribution in [0.1, 0.15) is 25.0 Å². The first-order chi connectivity index (χ1) is 10.6. The topological polar surface area (TPSA) is 79.3 Å². The highest BCUT2D eigenvalue weighted by atomic mass is 32.1. The molecular weight excluding hydrogens is 320 g/mol. The van der Waals surface area contributed by atoms with Crippen molar-refractivity contribution >= 4 is 34.6 Å². The van der Waals surface area contributed by atoms with Crippen LogP contribution in [0.4, 0.5) is 0 Å². The first kappa shape index (κ1) is 15.2. The van der Waals surface area contributed by atoms with E-state index in [1.165, 1.54) is 11.3 Å². The van der Waals surface area contributed by atoms with Crippen LogP contribution >= 0.6 is 22.7 Å². The van der Waals surface area contributed by atoms with Crippen molar-refractivity contribution in [2.45, 2.75) is 31.7 Å². The fraction of sp³-hybridized carbons (Fsp3) is 0.400. The van der Waals surface area contributed by atoms with Crippen molar-refractivity contribution in [1.82, 2.24) is 10.3 Å². The van der Waals surface area contributed by atoms with Crippen molar-refractivity contribution in [3.63, 3.8) is 0 Å². The van der Waals surface area contributed by atoms with Crippen molar-refractivity contribution in [2.75, 3.05) is 0 Å². The van der Waals surface area contributed by atoms with E-state index in [1.807, 2.05) is 22.9 Å².